The Hall–Kier alpha value is -1.69. The number of fused-ring (bicyclic) bond motifs is 3. The number of rotatable bonds is 5. The number of ether oxygens (including phenoxy) is 1. The Morgan fingerprint density at radius 3 is 3.00 bits per heavy atom. The first kappa shape index (κ1) is 17.1. The highest BCUT2D eigenvalue weighted by Crippen LogP contribution is 2.35. The first-order chi connectivity index (χ1) is 11.6. The number of hydrogen-bond donors (Lipinski definition) is 0. The number of nitrogens with zero attached hydrogens (tertiary/aromatic N) is 2. The van der Waals surface area contributed by atoms with Crippen molar-refractivity contribution in [2.75, 3.05) is 6.61 Å². The highest BCUT2D eigenvalue weighted by atomic mass is 32.1. The van der Waals surface area contributed by atoms with Gasteiger partial charge < -0.3 is 4.74 Å². The van der Waals surface area contributed by atoms with Crippen LogP contribution in [-0.2, 0) is 22.4 Å². The van der Waals surface area contributed by atoms with E-state index in [0.29, 0.717) is 24.3 Å². The monoisotopic (exact) mass is 348 g/mol. The van der Waals surface area contributed by atoms with Gasteiger partial charge in [0.2, 0.25) is 0 Å². The lowest BCUT2D eigenvalue weighted by Gasteiger charge is -2.18. The molecule has 0 aromatic carbocycles. The van der Waals surface area contributed by atoms with Crippen molar-refractivity contribution in [2.24, 2.45) is 5.92 Å². The van der Waals surface area contributed by atoms with Gasteiger partial charge in [0.25, 0.3) is 5.56 Å². The molecule has 6 heteroatoms. The largest absolute Gasteiger partial charge is 0.464 e. The number of aryl methyl sites for hydroxylation is 1. The molecule has 5 nitrogen and oxygen atoms in total. The maximum absolute atomic E-state index is 13.0. The number of aromatic nitrogens is 2. The van der Waals surface area contributed by atoms with Gasteiger partial charge in [-0.1, -0.05) is 20.8 Å². The van der Waals surface area contributed by atoms with Crippen LogP contribution >= 0.6 is 11.3 Å². The van der Waals surface area contributed by atoms with E-state index in [1.165, 1.54) is 15.8 Å². The van der Waals surface area contributed by atoms with Crippen LogP contribution in [0.25, 0.3) is 10.2 Å². The van der Waals surface area contributed by atoms with E-state index in [4.69, 9.17) is 4.74 Å². The molecule has 0 spiro atoms. The van der Waals surface area contributed by atoms with E-state index < -0.39 is 6.04 Å². The van der Waals surface area contributed by atoms with Crippen LogP contribution in [0.4, 0.5) is 0 Å². The second-order valence-corrected chi connectivity index (χ2v) is 7.66. The van der Waals surface area contributed by atoms with Crippen LogP contribution in [0.15, 0.2) is 11.1 Å². The minimum absolute atomic E-state index is 0.104. The highest BCUT2D eigenvalue weighted by molar-refractivity contribution is 7.18. The van der Waals surface area contributed by atoms with E-state index in [0.717, 1.165) is 36.1 Å². The van der Waals surface area contributed by atoms with Crippen LogP contribution in [-0.4, -0.2) is 22.1 Å². The summed E-state index contributed by atoms with van der Waals surface area (Å²) in [7, 11) is 0. The van der Waals surface area contributed by atoms with Crippen LogP contribution < -0.4 is 5.56 Å². The number of thiophene rings is 1. The minimum Gasteiger partial charge on any atom is -0.464 e. The van der Waals surface area contributed by atoms with Crippen molar-refractivity contribution < 1.29 is 9.53 Å². The summed E-state index contributed by atoms with van der Waals surface area (Å²) in [6.45, 7) is 6.47. The Morgan fingerprint density at radius 1 is 1.50 bits per heavy atom. The van der Waals surface area contributed by atoms with E-state index in [1.807, 2.05) is 13.8 Å². The third-order valence-corrected chi connectivity index (χ3v) is 5.85. The summed E-state index contributed by atoms with van der Waals surface area (Å²) in [5, 5.41) is 0.714. The molecule has 0 aliphatic heterocycles. The summed E-state index contributed by atoms with van der Waals surface area (Å²) >= 11 is 1.63. The number of hydrogen-bond acceptors (Lipinski definition) is 5. The summed E-state index contributed by atoms with van der Waals surface area (Å²) in [5.74, 6) is 0.306. The molecule has 130 valence electrons. The molecule has 0 fully saturated rings. The topological polar surface area (TPSA) is 61.2 Å². The van der Waals surface area contributed by atoms with Gasteiger partial charge in [-0.05, 0) is 43.6 Å². The first-order valence-electron chi connectivity index (χ1n) is 8.74. The highest BCUT2D eigenvalue weighted by Gasteiger charge is 2.26. The molecule has 0 saturated heterocycles. The van der Waals surface area contributed by atoms with Crippen molar-refractivity contribution in [2.45, 2.75) is 58.9 Å². The van der Waals surface area contributed by atoms with Gasteiger partial charge in [0, 0.05) is 4.88 Å². The SMILES string of the molecule is CCCOC(=O)C(CC)n1cnc2sc3c(c2c1=O)CCC(C)C3. The molecule has 2 unspecified atom stereocenters. The molecular weight excluding hydrogens is 324 g/mol. The van der Waals surface area contributed by atoms with E-state index in [9.17, 15) is 9.59 Å². The number of carbonyl (C=O) groups excluding carboxylic acids is 1. The lowest BCUT2D eigenvalue weighted by Crippen LogP contribution is -2.31. The van der Waals surface area contributed by atoms with Gasteiger partial charge in [0.1, 0.15) is 10.9 Å². The van der Waals surface area contributed by atoms with E-state index >= 15 is 0 Å². The van der Waals surface area contributed by atoms with Gasteiger partial charge in [-0.15, -0.1) is 11.3 Å². The molecular formula is C18H24N2O3S. The number of carbonyl (C=O) groups is 1. The molecule has 2 heterocycles. The zero-order valence-corrected chi connectivity index (χ0v) is 15.3. The second-order valence-electron chi connectivity index (χ2n) is 6.58. The molecule has 1 aliphatic carbocycles. The van der Waals surface area contributed by atoms with E-state index in [-0.39, 0.29) is 11.5 Å². The normalized spacial score (nSPS) is 18.4. The smallest absolute Gasteiger partial charge is 0.329 e. The molecule has 2 aromatic heterocycles. The molecule has 0 amide bonds. The van der Waals surface area contributed by atoms with Crippen LogP contribution in [0.5, 0.6) is 0 Å². The van der Waals surface area contributed by atoms with Gasteiger partial charge in [-0.25, -0.2) is 9.78 Å². The summed E-state index contributed by atoms with van der Waals surface area (Å²) in [4.78, 5) is 31.9. The van der Waals surface area contributed by atoms with Gasteiger partial charge >= 0.3 is 5.97 Å². The molecule has 0 bridgehead atoms. The van der Waals surface area contributed by atoms with Crippen molar-refractivity contribution in [3.05, 3.63) is 27.1 Å². The maximum atomic E-state index is 13.0. The Morgan fingerprint density at radius 2 is 2.29 bits per heavy atom. The Balaban J connectivity index is 2.05. The van der Waals surface area contributed by atoms with Crippen molar-refractivity contribution in [3.8, 4) is 0 Å². The quantitative estimate of drug-likeness (QED) is 0.776. The van der Waals surface area contributed by atoms with Crippen LogP contribution in [0.1, 0.15) is 56.5 Å². The summed E-state index contributed by atoms with van der Waals surface area (Å²) in [6, 6.07) is -0.598. The predicted octanol–water partition coefficient (Wildman–Crippen LogP) is 3.49. The van der Waals surface area contributed by atoms with E-state index in [1.54, 1.807) is 11.3 Å². The van der Waals surface area contributed by atoms with Crippen LogP contribution in [0.3, 0.4) is 0 Å². The van der Waals surface area contributed by atoms with Gasteiger partial charge in [0.15, 0.2) is 0 Å². The predicted molar refractivity (Wildman–Crippen MR) is 95.6 cm³/mol. The first-order valence-corrected chi connectivity index (χ1v) is 9.56. The van der Waals surface area contributed by atoms with Crippen molar-refractivity contribution in [1.29, 1.82) is 0 Å². The fourth-order valence-electron chi connectivity index (χ4n) is 3.34. The zero-order valence-electron chi connectivity index (χ0n) is 14.5. The van der Waals surface area contributed by atoms with Gasteiger partial charge in [-0.2, -0.15) is 0 Å². The second kappa shape index (κ2) is 7.05. The zero-order chi connectivity index (χ0) is 17.3. The Kier molecular flexibility index (Phi) is 5.04. The average Bonchev–Trinajstić information content (AvgIpc) is 2.93. The molecule has 0 radical (unpaired) electrons. The summed E-state index contributed by atoms with van der Waals surface area (Å²) in [6.07, 6.45) is 5.84. The Labute approximate surface area is 145 Å². The fraction of sp³-hybridized carbons (Fsp3) is 0.611. The summed E-state index contributed by atoms with van der Waals surface area (Å²) < 4.78 is 6.71. The maximum Gasteiger partial charge on any atom is 0.329 e. The molecule has 2 atom stereocenters. The minimum atomic E-state index is -0.598. The molecule has 2 aromatic rings. The average molecular weight is 348 g/mol. The molecule has 3 rings (SSSR count). The summed E-state index contributed by atoms with van der Waals surface area (Å²) in [5.41, 5.74) is 1.05. The molecule has 1 aliphatic rings. The molecule has 24 heavy (non-hydrogen) atoms. The molecule has 0 saturated carbocycles. The van der Waals surface area contributed by atoms with Gasteiger partial charge in [0.05, 0.1) is 18.3 Å². The van der Waals surface area contributed by atoms with Crippen LogP contribution in [0, 0.1) is 5.92 Å². The lowest BCUT2D eigenvalue weighted by atomic mass is 9.89. The van der Waals surface area contributed by atoms with Crippen molar-refractivity contribution >= 4 is 27.5 Å². The Bertz CT molecular complexity index is 808. The standard InChI is InChI=1S/C18H24N2O3S/c1-4-8-23-18(22)13(5-2)20-10-19-16-15(17(20)21)12-7-6-11(3)9-14(12)24-16/h10-11,13H,4-9H2,1-3H3. The van der Waals surface area contributed by atoms with Gasteiger partial charge in [-0.3, -0.25) is 9.36 Å². The lowest BCUT2D eigenvalue weighted by molar-refractivity contribution is -0.147. The van der Waals surface area contributed by atoms with Crippen LogP contribution in [0.2, 0.25) is 0 Å². The van der Waals surface area contributed by atoms with Crippen molar-refractivity contribution in [3.63, 3.8) is 0 Å². The van der Waals surface area contributed by atoms with E-state index in [2.05, 4.69) is 11.9 Å². The molecule has 0 N–H and O–H groups in total. The fourth-order valence-corrected chi connectivity index (χ4v) is 4.68. The van der Waals surface area contributed by atoms with Crippen molar-refractivity contribution in [1.82, 2.24) is 9.55 Å². The third-order valence-electron chi connectivity index (χ3n) is 4.68. The number of esters is 1. The third kappa shape index (κ3) is 2.99.